The van der Waals surface area contributed by atoms with E-state index in [0.29, 0.717) is 32.1 Å². The number of nitrogens with one attached hydrogen (secondary N) is 2. The van der Waals surface area contributed by atoms with Crippen LogP contribution in [0.5, 0.6) is 0 Å². The lowest BCUT2D eigenvalue weighted by Crippen LogP contribution is -2.50. The van der Waals surface area contributed by atoms with Gasteiger partial charge < -0.3 is 15.4 Å². The third-order valence-electron chi connectivity index (χ3n) is 5.30. The molecule has 0 saturated carbocycles. The van der Waals surface area contributed by atoms with Gasteiger partial charge in [-0.25, -0.2) is 12.8 Å². The van der Waals surface area contributed by atoms with Crippen molar-refractivity contribution in [3.05, 3.63) is 35.6 Å². The second-order valence-electron chi connectivity index (χ2n) is 7.07. The van der Waals surface area contributed by atoms with Crippen molar-refractivity contribution in [3.8, 4) is 0 Å². The van der Waals surface area contributed by atoms with Crippen LogP contribution in [-0.4, -0.2) is 58.7 Å². The van der Waals surface area contributed by atoms with Crippen LogP contribution < -0.4 is 10.6 Å². The van der Waals surface area contributed by atoms with Gasteiger partial charge in [-0.05, 0) is 37.0 Å². The zero-order valence-electron chi connectivity index (χ0n) is 15.0. The molecule has 0 radical (unpaired) electrons. The molecule has 0 aromatic heterocycles. The largest absolute Gasteiger partial charge is 0.381 e. The predicted molar refractivity (Wildman–Crippen MR) is 99.7 cm³/mol. The second kappa shape index (κ2) is 7.92. The smallest absolute Gasteiger partial charge is 0.191 e. The molecule has 8 heteroatoms. The Hall–Kier alpha value is -1.67. The van der Waals surface area contributed by atoms with Crippen molar-refractivity contribution in [3.63, 3.8) is 0 Å². The van der Waals surface area contributed by atoms with Gasteiger partial charge >= 0.3 is 0 Å². The number of rotatable bonds is 4. The molecule has 144 valence electrons. The maximum absolute atomic E-state index is 13.3. The lowest BCUT2D eigenvalue weighted by molar-refractivity contribution is 0.0513. The first-order chi connectivity index (χ1) is 12.4. The molecule has 1 unspecified atom stereocenters. The highest BCUT2D eigenvalue weighted by Crippen LogP contribution is 2.34. The fourth-order valence-corrected chi connectivity index (χ4v) is 5.36. The number of hydrogen-bond acceptors (Lipinski definition) is 4. The van der Waals surface area contributed by atoms with Crippen LogP contribution in [0.2, 0.25) is 0 Å². The molecule has 2 aliphatic heterocycles. The standard InChI is InChI=1S/C18H26FN3O3S/c1-20-17(22-16-6-11-26(23,24)12-16)21-13-18(7-9-25-10-8-18)14-2-4-15(19)5-3-14/h2-5,16H,6-13H2,1H3,(H2,20,21,22). The quantitative estimate of drug-likeness (QED) is 0.604. The molecule has 0 spiro atoms. The minimum Gasteiger partial charge on any atom is -0.381 e. The number of halogens is 1. The van der Waals surface area contributed by atoms with E-state index in [-0.39, 0.29) is 28.8 Å². The summed E-state index contributed by atoms with van der Waals surface area (Å²) in [5.74, 6) is 0.715. The van der Waals surface area contributed by atoms with Crippen LogP contribution in [0, 0.1) is 5.82 Å². The lowest BCUT2D eigenvalue weighted by atomic mass is 9.74. The zero-order valence-corrected chi connectivity index (χ0v) is 15.8. The van der Waals surface area contributed by atoms with E-state index in [2.05, 4.69) is 15.6 Å². The fraction of sp³-hybridized carbons (Fsp3) is 0.611. The third kappa shape index (κ3) is 4.54. The Balaban J connectivity index is 1.68. The number of hydrogen-bond donors (Lipinski definition) is 2. The fourth-order valence-electron chi connectivity index (χ4n) is 3.68. The molecule has 2 N–H and O–H groups in total. The van der Waals surface area contributed by atoms with Crippen LogP contribution in [0.4, 0.5) is 4.39 Å². The van der Waals surface area contributed by atoms with Crippen LogP contribution in [0.3, 0.4) is 0 Å². The highest BCUT2D eigenvalue weighted by Gasteiger charge is 2.35. The van der Waals surface area contributed by atoms with Crippen molar-refractivity contribution < 1.29 is 17.5 Å². The van der Waals surface area contributed by atoms with E-state index in [1.807, 2.05) is 12.1 Å². The summed E-state index contributed by atoms with van der Waals surface area (Å²) < 4.78 is 42.1. The summed E-state index contributed by atoms with van der Waals surface area (Å²) >= 11 is 0. The van der Waals surface area contributed by atoms with E-state index in [9.17, 15) is 12.8 Å². The normalized spacial score (nSPS) is 25.0. The summed E-state index contributed by atoms with van der Waals surface area (Å²) in [5, 5.41) is 6.55. The SMILES string of the molecule is CN=C(NCC1(c2ccc(F)cc2)CCOCC1)NC1CCS(=O)(=O)C1. The summed E-state index contributed by atoms with van der Waals surface area (Å²) in [5.41, 5.74) is 0.916. The van der Waals surface area contributed by atoms with Gasteiger partial charge in [0.25, 0.3) is 0 Å². The number of benzene rings is 1. The molecule has 0 aliphatic carbocycles. The zero-order chi connectivity index (χ0) is 18.6. The van der Waals surface area contributed by atoms with E-state index in [1.165, 1.54) is 12.1 Å². The highest BCUT2D eigenvalue weighted by atomic mass is 32.2. The Labute approximate surface area is 154 Å². The molecule has 0 bridgehead atoms. The monoisotopic (exact) mass is 383 g/mol. The van der Waals surface area contributed by atoms with Crippen LogP contribution in [0.1, 0.15) is 24.8 Å². The molecule has 1 atom stereocenters. The van der Waals surface area contributed by atoms with E-state index in [1.54, 1.807) is 7.05 Å². The first-order valence-electron chi connectivity index (χ1n) is 8.94. The summed E-state index contributed by atoms with van der Waals surface area (Å²) in [6.07, 6.45) is 2.26. The first kappa shape index (κ1) is 19.1. The molecule has 0 amide bonds. The van der Waals surface area contributed by atoms with Gasteiger partial charge in [0.2, 0.25) is 0 Å². The third-order valence-corrected chi connectivity index (χ3v) is 7.07. The Kier molecular flexibility index (Phi) is 5.82. The molecule has 26 heavy (non-hydrogen) atoms. The van der Waals surface area contributed by atoms with Crippen molar-refractivity contribution >= 4 is 15.8 Å². The summed E-state index contributed by atoms with van der Waals surface area (Å²) in [6, 6.07) is 6.54. The topological polar surface area (TPSA) is 79.8 Å². The molecular formula is C18H26FN3O3S. The molecule has 2 saturated heterocycles. The van der Waals surface area contributed by atoms with E-state index in [4.69, 9.17) is 4.74 Å². The molecule has 2 aliphatic rings. The molecule has 6 nitrogen and oxygen atoms in total. The number of aliphatic imine (C=N–C) groups is 1. The van der Waals surface area contributed by atoms with Crippen molar-refractivity contribution in [2.24, 2.45) is 4.99 Å². The number of guanidine groups is 1. The number of ether oxygens (including phenoxy) is 1. The van der Waals surface area contributed by atoms with Gasteiger partial charge in [-0.3, -0.25) is 4.99 Å². The molecule has 2 fully saturated rings. The minimum atomic E-state index is -2.94. The summed E-state index contributed by atoms with van der Waals surface area (Å²) in [6.45, 7) is 1.94. The number of nitrogens with zero attached hydrogens (tertiary/aromatic N) is 1. The minimum absolute atomic E-state index is 0.109. The van der Waals surface area contributed by atoms with Crippen molar-refractivity contribution in [1.82, 2.24) is 10.6 Å². The Morgan fingerprint density at radius 1 is 1.31 bits per heavy atom. The Bertz CT molecular complexity index is 743. The van der Waals surface area contributed by atoms with Crippen molar-refractivity contribution in [2.75, 3.05) is 38.3 Å². The van der Waals surface area contributed by atoms with Crippen LogP contribution in [0.15, 0.2) is 29.3 Å². The van der Waals surface area contributed by atoms with E-state index >= 15 is 0 Å². The predicted octanol–water partition coefficient (Wildman–Crippen LogP) is 1.23. The van der Waals surface area contributed by atoms with Gasteiger partial charge in [0.1, 0.15) is 5.82 Å². The van der Waals surface area contributed by atoms with Gasteiger partial charge in [0.05, 0.1) is 11.5 Å². The van der Waals surface area contributed by atoms with Gasteiger partial charge in [-0.1, -0.05) is 12.1 Å². The molecule has 3 rings (SSSR count). The summed E-state index contributed by atoms with van der Waals surface area (Å²) in [4.78, 5) is 4.23. The molecule has 1 aromatic carbocycles. The van der Waals surface area contributed by atoms with Crippen LogP contribution in [-0.2, 0) is 20.0 Å². The maximum atomic E-state index is 13.3. The lowest BCUT2D eigenvalue weighted by Gasteiger charge is -2.38. The first-order valence-corrected chi connectivity index (χ1v) is 10.8. The van der Waals surface area contributed by atoms with Crippen molar-refractivity contribution in [2.45, 2.75) is 30.7 Å². The second-order valence-corrected chi connectivity index (χ2v) is 9.30. The van der Waals surface area contributed by atoms with Gasteiger partial charge in [-0.2, -0.15) is 0 Å². The van der Waals surface area contributed by atoms with Crippen molar-refractivity contribution in [1.29, 1.82) is 0 Å². The van der Waals surface area contributed by atoms with Gasteiger partial charge in [0, 0.05) is 38.3 Å². The van der Waals surface area contributed by atoms with Gasteiger partial charge in [0.15, 0.2) is 15.8 Å². The summed E-state index contributed by atoms with van der Waals surface area (Å²) in [7, 11) is -1.27. The molecule has 2 heterocycles. The van der Waals surface area contributed by atoms with Gasteiger partial charge in [-0.15, -0.1) is 0 Å². The highest BCUT2D eigenvalue weighted by molar-refractivity contribution is 7.91. The molecule has 1 aromatic rings. The van der Waals surface area contributed by atoms with E-state index in [0.717, 1.165) is 18.4 Å². The van der Waals surface area contributed by atoms with Crippen LogP contribution >= 0.6 is 0 Å². The average Bonchev–Trinajstić information content (AvgIpc) is 2.98. The van der Waals surface area contributed by atoms with E-state index < -0.39 is 9.84 Å². The average molecular weight is 383 g/mol. The van der Waals surface area contributed by atoms with Crippen LogP contribution in [0.25, 0.3) is 0 Å². The maximum Gasteiger partial charge on any atom is 0.191 e. The number of sulfone groups is 1. The molecular weight excluding hydrogens is 357 g/mol. The Morgan fingerprint density at radius 3 is 2.58 bits per heavy atom. The Morgan fingerprint density at radius 2 is 2.00 bits per heavy atom.